The molecule has 3 aromatic heterocycles. The lowest BCUT2D eigenvalue weighted by molar-refractivity contribution is 0.0712. The first-order valence-electron chi connectivity index (χ1n) is 11.9. The third kappa shape index (κ3) is 5.49. The Hall–Kier alpha value is -3.91. The van der Waals surface area contributed by atoms with Crippen LogP contribution in [0.25, 0.3) is 5.65 Å². The lowest BCUT2D eigenvalue weighted by atomic mass is 9.89. The normalized spacial score (nSPS) is 14.1. The van der Waals surface area contributed by atoms with E-state index < -0.39 is 0 Å². The molecule has 2 N–H and O–H groups in total. The number of carbonyl (C=O) groups excluding carboxylic acids is 2. The lowest BCUT2D eigenvalue weighted by Gasteiger charge is -2.32. The number of nitrogens with zero attached hydrogens (tertiary/aromatic N) is 4. The number of rotatable bonds is 5. The zero-order chi connectivity index (χ0) is 25.1. The molecule has 0 bridgehead atoms. The number of urea groups is 1. The molecule has 0 unspecified atom stereocenters. The van der Waals surface area contributed by atoms with Crippen molar-refractivity contribution in [3.63, 3.8) is 0 Å². The Bertz CT molecular complexity index is 1370. The summed E-state index contributed by atoms with van der Waals surface area (Å²) in [6.45, 7) is 3.62. The van der Waals surface area contributed by atoms with Crippen molar-refractivity contribution in [2.45, 2.75) is 32.2 Å². The number of piperidine rings is 1. The number of hydrogen-bond donors (Lipinski definition) is 2. The Morgan fingerprint density at radius 2 is 1.83 bits per heavy atom. The minimum Gasteiger partial charge on any atom is -0.339 e. The molecule has 9 heteroatoms. The first-order valence-corrected chi connectivity index (χ1v) is 12.3. The number of benzene rings is 1. The fourth-order valence-electron chi connectivity index (χ4n) is 4.61. The molecule has 1 fully saturated rings. The van der Waals surface area contributed by atoms with Gasteiger partial charge in [-0.2, -0.15) is 0 Å². The van der Waals surface area contributed by atoms with Crippen LogP contribution in [-0.4, -0.2) is 44.3 Å². The van der Waals surface area contributed by atoms with Crippen LogP contribution in [0.15, 0.2) is 67.1 Å². The predicted molar refractivity (Wildman–Crippen MR) is 139 cm³/mol. The summed E-state index contributed by atoms with van der Waals surface area (Å²) in [5.74, 6) is 0.369. The summed E-state index contributed by atoms with van der Waals surface area (Å²) >= 11 is 6.03. The van der Waals surface area contributed by atoms with Gasteiger partial charge in [-0.15, -0.1) is 0 Å². The van der Waals surface area contributed by atoms with Crippen molar-refractivity contribution in [3.8, 4) is 0 Å². The van der Waals surface area contributed by atoms with Gasteiger partial charge in [-0.25, -0.2) is 14.8 Å². The summed E-state index contributed by atoms with van der Waals surface area (Å²) in [4.78, 5) is 35.5. The van der Waals surface area contributed by atoms with Crippen molar-refractivity contribution in [3.05, 3.63) is 94.7 Å². The van der Waals surface area contributed by atoms with Crippen LogP contribution in [0.3, 0.4) is 0 Å². The molecular formula is C27H27ClN6O2. The van der Waals surface area contributed by atoms with Gasteiger partial charge in [0.05, 0.1) is 0 Å². The molecule has 8 nitrogen and oxygen atoms in total. The van der Waals surface area contributed by atoms with Crippen molar-refractivity contribution >= 4 is 34.9 Å². The van der Waals surface area contributed by atoms with Crippen LogP contribution >= 0.6 is 11.6 Å². The molecule has 1 aliphatic heterocycles. The molecule has 1 aromatic carbocycles. The van der Waals surface area contributed by atoms with Crippen molar-refractivity contribution in [2.24, 2.45) is 0 Å². The summed E-state index contributed by atoms with van der Waals surface area (Å²) < 4.78 is 1.92. The number of aromatic nitrogens is 3. The largest absolute Gasteiger partial charge is 0.339 e. The van der Waals surface area contributed by atoms with Gasteiger partial charge in [-0.05, 0) is 73.2 Å². The summed E-state index contributed by atoms with van der Waals surface area (Å²) in [5.41, 5.74) is 5.09. The van der Waals surface area contributed by atoms with E-state index in [0.29, 0.717) is 36.3 Å². The molecule has 1 saturated heterocycles. The maximum atomic E-state index is 12.9. The van der Waals surface area contributed by atoms with Crippen molar-refractivity contribution in [2.75, 3.05) is 18.4 Å². The van der Waals surface area contributed by atoms with Crippen molar-refractivity contribution in [1.29, 1.82) is 0 Å². The maximum absolute atomic E-state index is 12.9. The van der Waals surface area contributed by atoms with E-state index in [9.17, 15) is 9.59 Å². The quantitative estimate of drug-likeness (QED) is 0.374. The number of likely N-dealkylation sites (tertiary alicyclic amines) is 1. The number of carbonyl (C=O) groups is 2. The van der Waals surface area contributed by atoms with Gasteiger partial charge in [0.15, 0.2) is 0 Å². The summed E-state index contributed by atoms with van der Waals surface area (Å²) in [7, 11) is 0. The number of amides is 3. The van der Waals surface area contributed by atoms with Crippen molar-refractivity contribution < 1.29 is 9.59 Å². The third-order valence-corrected chi connectivity index (χ3v) is 6.70. The Morgan fingerprint density at radius 1 is 1.06 bits per heavy atom. The van der Waals surface area contributed by atoms with E-state index in [-0.39, 0.29) is 11.9 Å². The number of pyridine rings is 2. The number of nitrogens with one attached hydrogen (secondary N) is 2. The highest BCUT2D eigenvalue weighted by molar-refractivity contribution is 6.29. The highest BCUT2D eigenvalue weighted by Gasteiger charge is 2.25. The second kappa shape index (κ2) is 10.4. The summed E-state index contributed by atoms with van der Waals surface area (Å²) in [6, 6.07) is 15.0. The second-order valence-corrected chi connectivity index (χ2v) is 9.43. The molecule has 4 aromatic rings. The zero-order valence-electron chi connectivity index (χ0n) is 19.9. The molecule has 1 aliphatic rings. The smallest absolute Gasteiger partial charge is 0.319 e. The van der Waals surface area contributed by atoms with E-state index in [1.165, 1.54) is 5.56 Å². The minimum atomic E-state index is -0.260. The van der Waals surface area contributed by atoms with Crippen LogP contribution in [-0.2, 0) is 6.54 Å². The van der Waals surface area contributed by atoms with E-state index in [4.69, 9.17) is 11.6 Å². The number of hydrogen-bond acceptors (Lipinski definition) is 4. The van der Waals surface area contributed by atoms with E-state index in [0.717, 1.165) is 35.4 Å². The molecule has 0 radical (unpaired) electrons. The number of halogens is 1. The molecule has 5 rings (SSSR count). The first-order chi connectivity index (χ1) is 17.4. The van der Waals surface area contributed by atoms with Gasteiger partial charge in [-0.3, -0.25) is 4.79 Å². The molecule has 4 heterocycles. The van der Waals surface area contributed by atoms with Gasteiger partial charge in [0, 0.05) is 55.2 Å². The van der Waals surface area contributed by atoms with Crippen LogP contribution in [0.5, 0.6) is 0 Å². The second-order valence-electron chi connectivity index (χ2n) is 9.04. The van der Waals surface area contributed by atoms with Gasteiger partial charge >= 0.3 is 6.03 Å². The molecule has 3 amide bonds. The van der Waals surface area contributed by atoms with Crippen molar-refractivity contribution in [1.82, 2.24) is 24.6 Å². The number of aryl methyl sites for hydroxylation is 1. The Balaban J connectivity index is 1.11. The highest BCUT2D eigenvalue weighted by Crippen LogP contribution is 2.29. The van der Waals surface area contributed by atoms with Crippen LogP contribution in [0, 0.1) is 6.92 Å². The van der Waals surface area contributed by atoms with E-state index in [2.05, 4.69) is 32.7 Å². The number of anilines is 1. The molecule has 36 heavy (non-hydrogen) atoms. The topological polar surface area (TPSA) is 91.6 Å². The average Bonchev–Trinajstić information content (AvgIpc) is 3.35. The molecule has 184 valence electrons. The standard InChI is InChI=1S/C27H27ClN6O2/c1-18-14-22(16-24(28)31-18)26(35)34-11-7-21(8-12-34)20-2-4-23(5-3-20)32-27(36)30-17-19-6-10-33-13-9-29-25(33)15-19/h2-6,9-10,13-16,21H,7-8,11-12,17H2,1H3,(H2,30,32,36). The van der Waals surface area contributed by atoms with E-state index >= 15 is 0 Å². The first kappa shape index (κ1) is 23.8. The van der Waals surface area contributed by atoms with Gasteiger partial charge in [0.25, 0.3) is 5.91 Å². The molecule has 0 saturated carbocycles. The number of fused-ring (bicyclic) bond motifs is 1. The van der Waals surface area contributed by atoms with Gasteiger partial charge in [0.1, 0.15) is 10.8 Å². The molecular weight excluding hydrogens is 476 g/mol. The Morgan fingerprint density at radius 3 is 2.58 bits per heavy atom. The predicted octanol–water partition coefficient (Wildman–Crippen LogP) is 5.03. The monoisotopic (exact) mass is 502 g/mol. The number of imidazole rings is 1. The van der Waals surface area contributed by atoms with Crippen LogP contribution < -0.4 is 10.6 Å². The lowest BCUT2D eigenvalue weighted by Crippen LogP contribution is -2.38. The SMILES string of the molecule is Cc1cc(C(=O)N2CCC(c3ccc(NC(=O)NCc4ccn5ccnc5c4)cc3)CC2)cc(Cl)n1. The van der Waals surface area contributed by atoms with Crippen LogP contribution in [0.2, 0.25) is 5.15 Å². The van der Waals surface area contributed by atoms with Crippen LogP contribution in [0.4, 0.5) is 10.5 Å². The fraction of sp³-hybridized carbons (Fsp3) is 0.259. The zero-order valence-corrected chi connectivity index (χ0v) is 20.7. The highest BCUT2D eigenvalue weighted by atomic mass is 35.5. The Labute approximate surface area is 214 Å². The van der Waals surface area contributed by atoms with Gasteiger partial charge in [-0.1, -0.05) is 23.7 Å². The molecule has 0 atom stereocenters. The van der Waals surface area contributed by atoms with Crippen LogP contribution in [0.1, 0.15) is 45.9 Å². The molecule has 0 spiro atoms. The fourth-order valence-corrected chi connectivity index (χ4v) is 4.86. The average molecular weight is 503 g/mol. The minimum absolute atomic E-state index is 0.00360. The third-order valence-electron chi connectivity index (χ3n) is 6.51. The van der Waals surface area contributed by atoms with Gasteiger partial charge in [0.2, 0.25) is 0 Å². The summed E-state index contributed by atoms with van der Waals surface area (Å²) in [6.07, 6.45) is 7.32. The van der Waals surface area contributed by atoms with E-state index in [1.807, 2.05) is 52.9 Å². The maximum Gasteiger partial charge on any atom is 0.319 e. The molecule has 0 aliphatic carbocycles. The van der Waals surface area contributed by atoms with Gasteiger partial charge < -0.3 is 19.9 Å². The van der Waals surface area contributed by atoms with E-state index in [1.54, 1.807) is 18.3 Å². The summed E-state index contributed by atoms with van der Waals surface area (Å²) in [5, 5.41) is 6.10. The Kier molecular flexibility index (Phi) is 6.86.